The molecule has 2 unspecified atom stereocenters. The fourth-order valence-corrected chi connectivity index (χ4v) is 8.60. The predicted molar refractivity (Wildman–Crippen MR) is 231 cm³/mol. The summed E-state index contributed by atoms with van der Waals surface area (Å²) in [6.45, 7) is 0. The lowest BCUT2D eigenvalue weighted by molar-refractivity contribution is 0.732. The van der Waals surface area contributed by atoms with Gasteiger partial charge in [-0.05, 0) is 86.5 Å². The van der Waals surface area contributed by atoms with Gasteiger partial charge in [-0.2, -0.15) is 0 Å². The Morgan fingerprint density at radius 3 is 1.33 bits per heavy atom. The highest BCUT2D eigenvalue weighted by atomic mass is 32.1. The minimum atomic E-state index is 0.230. The first-order chi connectivity index (χ1) is 26.8. The Morgan fingerprint density at radius 2 is 0.796 bits per heavy atom. The third-order valence-corrected chi connectivity index (χ3v) is 11.5. The Balaban J connectivity index is 1.04. The molecule has 0 bridgehead atoms. The third kappa shape index (κ3) is 7.00. The van der Waals surface area contributed by atoms with Crippen LogP contribution in [-0.4, -0.2) is 0 Å². The molecule has 0 saturated carbocycles. The van der Waals surface area contributed by atoms with E-state index in [1.807, 2.05) is 11.3 Å². The molecule has 0 radical (unpaired) electrons. The van der Waals surface area contributed by atoms with E-state index in [0.717, 1.165) is 11.4 Å². The quantitative estimate of drug-likeness (QED) is 0.144. The molecule has 1 nitrogen and oxygen atoms in total. The molecule has 1 heterocycles. The van der Waals surface area contributed by atoms with Crippen molar-refractivity contribution >= 4 is 33.3 Å². The van der Waals surface area contributed by atoms with E-state index in [2.05, 4.69) is 229 Å². The smallest absolute Gasteiger partial charge is 0.101 e. The van der Waals surface area contributed by atoms with Crippen LogP contribution in [0.3, 0.4) is 0 Å². The average molecular weight is 710 g/mol. The lowest BCUT2D eigenvalue weighted by Crippen LogP contribution is -2.11. The molecule has 2 atom stereocenters. The monoisotopic (exact) mass is 709 g/mol. The van der Waals surface area contributed by atoms with Crippen LogP contribution < -0.4 is 4.90 Å². The van der Waals surface area contributed by atoms with E-state index >= 15 is 0 Å². The van der Waals surface area contributed by atoms with Gasteiger partial charge in [-0.25, -0.2) is 0 Å². The summed E-state index contributed by atoms with van der Waals surface area (Å²) >= 11 is 1.82. The lowest BCUT2D eigenvalue weighted by Gasteiger charge is -2.27. The number of hydrogen-bond acceptors (Lipinski definition) is 2. The van der Waals surface area contributed by atoms with Crippen LogP contribution in [0.1, 0.15) is 28.5 Å². The first-order valence-electron chi connectivity index (χ1n) is 18.6. The number of thiophene rings is 1. The van der Waals surface area contributed by atoms with Gasteiger partial charge in [-0.3, -0.25) is 0 Å². The van der Waals surface area contributed by atoms with Gasteiger partial charge in [0.25, 0.3) is 0 Å². The zero-order valence-electron chi connectivity index (χ0n) is 29.9. The SMILES string of the molecule is C1=CC(c2ccccc2)C(c2ccc(-c3ccc(N(c4ccc(-c5ccccc5)cc4)c4ccc(-c5ccccc5)cc4)s3)cc2)C=C1c1ccccc1. The summed E-state index contributed by atoms with van der Waals surface area (Å²) in [4.78, 5) is 3.62. The molecule has 1 aromatic heterocycles. The van der Waals surface area contributed by atoms with Gasteiger partial charge in [-0.15, -0.1) is 11.3 Å². The van der Waals surface area contributed by atoms with Gasteiger partial charge in [-0.1, -0.05) is 188 Å². The fourth-order valence-electron chi connectivity index (χ4n) is 7.54. The number of hydrogen-bond donors (Lipinski definition) is 0. The van der Waals surface area contributed by atoms with E-state index in [9.17, 15) is 0 Å². The molecule has 0 N–H and O–H groups in total. The Kier molecular flexibility index (Phi) is 9.42. The molecule has 0 fully saturated rings. The van der Waals surface area contributed by atoms with Gasteiger partial charge in [0.2, 0.25) is 0 Å². The summed E-state index contributed by atoms with van der Waals surface area (Å²) in [5, 5.41) is 1.17. The van der Waals surface area contributed by atoms with E-state index in [-0.39, 0.29) is 11.8 Å². The van der Waals surface area contributed by atoms with Gasteiger partial charge < -0.3 is 4.90 Å². The molecule has 258 valence electrons. The maximum atomic E-state index is 2.45. The second kappa shape index (κ2) is 15.2. The van der Waals surface area contributed by atoms with E-state index in [4.69, 9.17) is 0 Å². The summed E-state index contributed by atoms with van der Waals surface area (Å²) in [7, 11) is 0. The lowest BCUT2D eigenvalue weighted by atomic mass is 9.76. The van der Waals surface area contributed by atoms with E-state index in [1.165, 1.54) is 60.0 Å². The molecule has 0 spiro atoms. The van der Waals surface area contributed by atoms with Crippen molar-refractivity contribution in [3.63, 3.8) is 0 Å². The Labute approximate surface area is 322 Å². The van der Waals surface area contributed by atoms with Gasteiger partial charge in [0.1, 0.15) is 5.00 Å². The summed E-state index contributed by atoms with van der Waals surface area (Å²) in [6, 6.07) is 74.4. The van der Waals surface area contributed by atoms with Crippen molar-refractivity contribution < 1.29 is 0 Å². The molecule has 9 rings (SSSR count). The highest BCUT2D eigenvalue weighted by Crippen LogP contribution is 2.45. The van der Waals surface area contributed by atoms with Crippen molar-refractivity contribution in [2.75, 3.05) is 4.90 Å². The average Bonchev–Trinajstić information content (AvgIpc) is 3.75. The number of nitrogens with zero attached hydrogens (tertiary/aromatic N) is 1. The molecular formula is C52H39NS. The van der Waals surface area contributed by atoms with E-state index in [0.29, 0.717) is 0 Å². The summed E-state index contributed by atoms with van der Waals surface area (Å²) < 4.78 is 0. The van der Waals surface area contributed by atoms with Crippen molar-refractivity contribution in [1.29, 1.82) is 0 Å². The van der Waals surface area contributed by atoms with Crippen molar-refractivity contribution in [2.45, 2.75) is 11.8 Å². The van der Waals surface area contributed by atoms with Crippen LogP contribution in [0.5, 0.6) is 0 Å². The number of anilines is 3. The van der Waals surface area contributed by atoms with Crippen molar-refractivity contribution in [2.24, 2.45) is 0 Å². The minimum absolute atomic E-state index is 0.230. The standard InChI is InChI=1S/C52H39NS/c1-5-13-38(14-6-1)41-25-30-47(31-26-41)53(48-32-27-42(28-33-48)39-15-7-2-8-16-39)52-36-35-51(54-52)45-23-21-44(22-24-45)50-37-46(40-17-9-3-10-18-40)29-34-49(50)43-19-11-4-12-20-43/h1-37,49-50H. The van der Waals surface area contributed by atoms with Crippen LogP contribution in [0.2, 0.25) is 0 Å². The second-order valence-corrected chi connectivity index (χ2v) is 14.8. The zero-order chi connectivity index (χ0) is 36.1. The van der Waals surface area contributed by atoms with Crippen LogP contribution in [0.25, 0.3) is 38.3 Å². The van der Waals surface area contributed by atoms with Crippen LogP contribution in [0.4, 0.5) is 16.4 Å². The largest absolute Gasteiger partial charge is 0.302 e. The normalized spacial score (nSPS) is 15.1. The molecular weight excluding hydrogens is 671 g/mol. The Morgan fingerprint density at radius 1 is 0.352 bits per heavy atom. The molecule has 0 aliphatic heterocycles. The second-order valence-electron chi connectivity index (χ2n) is 13.7. The Bertz CT molecular complexity index is 2410. The molecule has 8 aromatic rings. The van der Waals surface area contributed by atoms with Crippen LogP contribution in [-0.2, 0) is 0 Å². The first-order valence-corrected chi connectivity index (χ1v) is 19.4. The minimum Gasteiger partial charge on any atom is -0.302 e. The fraction of sp³-hybridized carbons (Fsp3) is 0.0385. The summed E-state index contributed by atoms with van der Waals surface area (Å²) in [5.74, 6) is 0.502. The van der Waals surface area contributed by atoms with Gasteiger partial charge in [0.05, 0.1) is 0 Å². The zero-order valence-corrected chi connectivity index (χ0v) is 30.7. The predicted octanol–water partition coefficient (Wildman–Crippen LogP) is 14.7. The molecule has 0 amide bonds. The molecule has 1 aliphatic rings. The number of allylic oxidation sites excluding steroid dienone is 4. The topological polar surface area (TPSA) is 3.24 Å². The Hall–Kier alpha value is -6.48. The molecule has 1 aliphatic carbocycles. The first kappa shape index (κ1) is 33.4. The molecule has 54 heavy (non-hydrogen) atoms. The summed E-state index contributed by atoms with van der Waals surface area (Å²) in [5.41, 5.74) is 13.5. The van der Waals surface area contributed by atoms with Crippen molar-refractivity contribution in [3.05, 3.63) is 241 Å². The highest BCUT2D eigenvalue weighted by molar-refractivity contribution is 7.19. The number of rotatable bonds is 9. The van der Waals surface area contributed by atoms with Crippen LogP contribution in [0, 0.1) is 0 Å². The van der Waals surface area contributed by atoms with Crippen molar-refractivity contribution in [1.82, 2.24) is 0 Å². The maximum Gasteiger partial charge on any atom is 0.101 e. The molecule has 7 aromatic carbocycles. The molecule has 2 heteroatoms. The van der Waals surface area contributed by atoms with Crippen LogP contribution in [0.15, 0.2) is 224 Å². The van der Waals surface area contributed by atoms with Crippen LogP contribution >= 0.6 is 11.3 Å². The third-order valence-electron chi connectivity index (χ3n) is 10.4. The van der Waals surface area contributed by atoms with Gasteiger partial charge in [0, 0.05) is 28.1 Å². The number of benzene rings is 7. The van der Waals surface area contributed by atoms with E-state index in [1.54, 1.807) is 0 Å². The highest BCUT2D eigenvalue weighted by Gasteiger charge is 2.25. The molecule has 0 saturated heterocycles. The summed E-state index contributed by atoms with van der Waals surface area (Å²) in [6.07, 6.45) is 7.13. The van der Waals surface area contributed by atoms with Gasteiger partial charge >= 0.3 is 0 Å². The van der Waals surface area contributed by atoms with Gasteiger partial charge in [0.15, 0.2) is 0 Å². The maximum absolute atomic E-state index is 2.45. The van der Waals surface area contributed by atoms with E-state index < -0.39 is 0 Å². The van der Waals surface area contributed by atoms with Crippen molar-refractivity contribution in [3.8, 4) is 32.7 Å².